The Labute approximate surface area is 271 Å². The van der Waals surface area contributed by atoms with Gasteiger partial charge < -0.3 is 25.2 Å². The highest BCUT2D eigenvalue weighted by Crippen LogP contribution is 2.47. The van der Waals surface area contributed by atoms with Gasteiger partial charge in [-0.25, -0.2) is 4.39 Å². The molecule has 3 saturated heterocycles. The smallest absolute Gasteiger partial charge is 0.246 e. The molecule has 0 spiro atoms. The second kappa shape index (κ2) is 14.9. The number of hydrogen-bond donors (Lipinski definition) is 6. The molecule has 0 aromatic carbocycles. The largest absolute Gasteiger partial charge is 0.391 e. The van der Waals surface area contributed by atoms with Gasteiger partial charge in [-0.2, -0.15) is 0 Å². The molecule has 14 heteroatoms. The van der Waals surface area contributed by atoms with Crippen molar-refractivity contribution >= 4 is 23.4 Å². The van der Waals surface area contributed by atoms with Gasteiger partial charge in [0.15, 0.2) is 6.35 Å². The number of likely N-dealkylation sites (tertiary alicyclic amines) is 2. The van der Waals surface area contributed by atoms with Crippen molar-refractivity contribution in [3.05, 3.63) is 0 Å². The lowest BCUT2D eigenvalue weighted by Gasteiger charge is -2.56. The number of hydrogen-bond acceptors (Lipinski definition) is 10. The number of amides is 2. The average Bonchev–Trinajstić information content (AvgIpc) is 3.06. The van der Waals surface area contributed by atoms with E-state index in [2.05, 4.69) is 36.4 Å². The number of ether oxygens (including phenoxy) is 2. The minimum absolute atomic E-state index is 0.0429. The van der Waals surface area contributed by atoms with E-state index in [0.717, 1.165) is 26.2 Å². The monoisotopic (exact) mass is 657 g/mol. The van der Waals surface area contributed by atoms with Gasteiger partial charge in [0, 0.05) is 38.1 Å². The van der Waals surface area contributed by atoms with E-state index >= 15 is 0 Å². The van der Waals surface area contributed by atoms with Crippen LogP contribution in [0.5, 0.6) is 0 Å². The second-order valence-electron chi connectivity index (χ2n) is 14.2. The lowest BCUT2D eigenvalue weighted by Crippen LogP contribution is -2.76. The number of alkyl halides is 2. The van der Waals surface area contributed by atoms with Crippen molar-refractivity contribution in [3.8, 4) is 0 Å². The Kier molecular flexibility index (Phi) is 11.2. The standard InChI is InChI=1S/C31H53ClFN7O5/c32-22-8-7-21(17-23(22)33)44-19-25(42)37-30-9-11-31(12-10-30,24(41)18-30)38-26(43)20-45-29-35-27(39-13-3-1-4-14-39)34-28(36-29)40-15-5-2-6-16-40/h21-24,27-29,34-36,41H,1-20H2,(H,37,42)(H,38,43)/t21?,22?,23?,24-,27?,28?,29?,30?,31?/m0/s1. The molecule has 0 aromatic heterocycles. The number of aliphatic hydroxyl groups is 1. The first-order valence-corrected chi connectivity index (χ1v) is 17.7. The lowest BCUT2D eigenvalue weighted by molar-refractivity contribution is -0.146. The van der Waals surface area contributed by atoms with Gasteiger partial charge in [0.05, 0.1) is 23.1 Å². The molecule has 6 atom stereocenters. The zero-order valence-electron chi connectivity index (χ0n) is 26.4. The molecule has 12 nitrogen and oxygen atoms in total. The van der Waals surface area contributed by atoms with Gasteiger partial charge in [-0.15, -0.1) is 11.6 Å². The first-order chi connectivity index (χ1) is 21.7. The van der Waals surface area contributed by atoms with Crippen LogP contribution >= 0.6 is 11.6 Å². The Bertz CT molecular complexity index is 985. The molecule has 45 heavy (non-hydrogen) atoms. The second-order valence-corrected chi connectivity index (χ2v) is 14.8. The first-order valence-electron chi connectivity index (χ1n) is 17.3. The van der Waals surface area contributed by atoms with Crippen LogP contribution in [-0.4, -0.2) is 120 Å². The highest BCUT2D eigenvalue weighted by atomic mass is 35.5. The predicted molar refractivity (Wildman–Crippen MR) is 167 cm³/mol. The average molecular weight is 658 g/mol. The third kappa shape index (κ3) is 8.29. The third-order valence-corrected chi connectivity index (χ3v) is 11.5. The molecule has 3 heterocycles. The molecule has 3 aliphatic heterocycles. The summed E-state index contributed by atoms with van der Waals surface area (Å²) in [5.41, 5.74) is -1.27. The predicted octanol–water partition coefficient (Wildman–Crippen LogP) is 1.17. The van der Waals surface area contributed by atoms with Crippen LogP contribution in [0, 0.1) is 0 Å². The van der Waals surface area contributed by atoms with Crippen LogP contribution in [0.4, 0.5) is 4.39 Å². The molecule has 256 valence electrons. The molecule has 2 bridgehead atoms. The van der Waals surface area contributed by atoms with Crippen LogP contribution in [-0.2, 0) is 19.1 Å². The quantitative estimate of drug-likeness (QED) is 0.190. The van der Waals surface area contributed by atoms with E-state index in [1.165, 1.54) is 38.5 Å². The number of carbonyl (C=O) groups is 2. The van der Waals surface area contributed by atoms with Gasteiger partial charge in [-0.1, -0.05) is 12.8 Å². The Morgan fingerprint density at radius 1 is 0.822 bits per heavy atom. The Morgan fingerprint density at radius 2 is 1.40 bits per heavy atom. The van der Waals surface area contributed by atoms with Gasteiger partial charge in [-0.05, 0) is 70.6 Å². The van der Waals surface area contributed by atoms with Crippen molar-refractivity contribution in [2.24, 2.45) is 0 Å². The molecular weight excluding hydrogens is 605 g/mol. The summed E-state index contributed by atoms with van der Waals surface area (Å²) in [7, 11) is 0. The summed E-state index contributed by atoms with van der Waals surface area (Å²) >= 11 is 5.96. The van der Waals surface area contributed by atoms with Crippen LogP contribution in [0.15, 0.2) is 0 Å². The fourth-order valence-corrected chi connectivity index (χ4v) is 8.53. The minimum atomic E-state index is -1.12. The summed E-state index contributed by atoms with van der Waals surface area (Å²) in [6.45, 7) is 3.81. The van der Waals surface area contributed by atoms with E-state index in [1.54, 1.807) is 0 Å². The fourth-order valence-electron chi connectivity index (χ4n) is 8.31. The van der Waals surface area contributed by atoms with Gasteiger partial charge in [0.1, 0.15) is 32.0 Å². The highest BCUT2D eigenvalue weighted by Gasteiger charge is 2.55. The molecule has 7 rings (SSSR count). The van der Waals surface area contributed by atoms with Crippen molar-refractivity contribution in [3.63, 3.8) is 0 Å². The molecule has 4 saturated carbocycles. The van der Waals surface area contributed by atoms with Crippen LogP contribution in [0.3, 0.4) is 0 Å². The van der Waals surface area contributed by atoms with Crippen LogP contribution in [0.1, 0.15) is 89.9 Å². The van der Waals surface area contributed by atoms with Crippen molar-refractivity contribution in [2.45, 2.75) is 144 Å². The number of fused-ring (bicyclic) bond motifs is 3. The third-order valence-electron chi connectivity index (χ3n) is 11.0. The van der Waals surface area contributed by atoms with E-state index in [4.69, 9.17) is 21.1 Å². The maximum absolute atomic E-state index is 13.9. The Hall–Kier alpha value is -1.16. The summed E-state index contributed by atoms with van der Waals surface area (Å²) in [5.74, 6) is -0.518. The van der Waals surface area contributed by atoms with Crippen molar-refractivity contribution in [2.75, 3.05) is 39.4 Å². The number of halogens is 2. The summed E-state index contributed by atoms with van der Waals surface area (Å²) in [6.07, 6.45) is 8.55. The van der Waals surface area contributed by atoms with E-state index in [9.17, 15) is 19.1 Å². The summed E-state index contributed by atoms with van der Waals surface area (Å²) < 4.78 is 25.8. The number of aliphatic hydroxyl groups excluding tert-OH is 1. The van der Waals surface area contributed by atoms with Gasteiger partial charge in [0.25, 0.3) is 0 Å². The molecule has 7 fully saturated rings. The van der Waals surface area contributed by atoms with Gasteiger partial charge >= 0.3 is 0 Å². The lowest BCUT2D eigenvalue weighted by atomic mass is 9.60. The number of carbonyl (C=O) groups excluding carboxylic acids is 2. The van der Waals surface area contributed by atoms with Crippen LogP contribution in [0.2, 0.25) is 0 Å². The zero-order valence-corrected chi connectivity index (χ0v) is 27.2. The topological polar surface area (TPSA) is 139 Å². The van der Waals surface area contributed by atoms with Gasteiger partial charge in [-0.3, -0.25) is 35.3 Å². The molecule has 0 radical (unpaired) electrons. The molecule has 7 aliphatic rings. The van der Waals surface area contributed by atoms with E-state index in [-0.39, 0.29) is 50.1 Å². The van der Waals surface area contributed by atoms with E-state index < -0.39 is 35.1 Å². The summed E-state index contributed by atoms with van der Waals surface area (Å²) in [4.78, 5) is 30.8. The van der Waals surface area contributed by atoms with Crippen LogP contribution < -0.4 is 26.6 Å². The minimum Gasteiger partial charge on any atom is -0.391 e. The van der Waals surface area contributed by atoms with Gasteiger partial charge in [0.2, 0.25) is 11.8 Å². The van der Waals surface area contributed by atoms with Crippen LogP contribution in [0.25, 0.3) is 0 Å². The Balaban J connectivity index is 0.970. The number of rotatable bonds is 10. The molecule has 6 N–H and O–H groups in total. The van der Waals surface area contributed by atoms with E-state index in [0.29, 0.717) is 44.9 Å². The fraction of sp³-hybridized carbons (Fsp3) is 0.935. The maximum atomic E-state index is 13.9. The molecule has 5 unspecified atom stereocenters. The SMILES string of the molecule is O=C(COC1CCC(Cl)C(F)C1)NC12CCC(NC(=O)COC3NC(N4CCCCC4)NC(N4CCCCC4)N3)(CC1)[C@@H](O)C2. The number of nitrogens with one attached hydrogen (secondary N) is 5. The highest BCUT2D eigenvalue weighted by molar-refractivity contribution is 6.21. The molecule has 0 aromatic rings. The molecular formula is C31H53ClFN7O5. The maximum Gasteiger partial charge on any atom is 0.246 e. The Morgan fingerprint density at radius 3 is 1.98 bits per heavy atom. The number of piperidine rings is 2. The normalized spacial score (nSPS) is 41.4. The molecule has 2 amide bonds. The summed E-state index contributed by atoms with van der Waals surface area (Å²) in [5, 5.41) is 27.6. The zero-order chi connectivity index (χ0) is 31.4. The number of nitrogens with zero attached hydrogens (tertiary/aromatic N) is 2. The van der Waals surface area contributed by atoms with Crippen molar-refractivity contribution in [1.29, 1.82) is 0 Å². The molecule has 4 aliphatic carbocycles. The summed E-state index contributed by atoms with van der Waals surface area (Å²) in [6, 6.07) is 0. The first kappa shape index (κ1) is 33.7. The van der Waals surface area contributed by atoms with E-state index in [1.807, 2.05) is 0 Å². The van der Waals surface area contributed by atoms with Crippen molar-refractivity contribution in [1.82, 2.24) is 36.4 Å². The van der Waals surface area contributed by atoms with Crippen molar-refractivity contribution < 1.29 is 28.6 Å².